The van der Waals surface area contributed by atoms with Crippen molar-refractivity contribution in [1.29, 1.82) is 0 Å². The monoisotopic (exact) mass is 330 g/mol. The van der Waals surface area contributed by atoms with Crippen LogP contribution in [-0.2, 0) is 4.79 Å². The fourth-order valence-corrected chi connectivity index (χ4v) is 4.24. The quantitative estimate of drug-likeness (QED) is 0.860. The summed E-state index contributed by atoms with van der Waals surface area (Å²) in [6.45, 7) is 1.99. The van der Waals surface area contributed by atoms with E-state index in [1.165, 1.54) is 12.8 Å². The minimum Gasteiger partial charge on any atom is -0.387 e. The number of β-amino-alcohol motifs (C(OH)–C–C–N with tert-alkyl or cyclic N) is 1. The highest BCUT2D eigenvalue weighted by Gasteiger charge is 2.42. The molecule has 132 valence electrons. The number of hydrogen-bond donors (Lipinski definition) is 1. The summed E-state index contributed by atoms with van der Waals surface area (Å²) in [5, 5.41) is 10.7. The van der Waals surface area contributed by atoms with Gasteiger partial charge in [0.1, 0.15) is 0 Å². The van der Waals surface area contributed by atoms with Crippen molar-refractivity contribution in [3.8, 4) is 0 Å². The number of hydrogen-bond acceptors (Lipinski definition) is 3. The van der Waals surface area contributed by atoms with E-state index in [4.69, 9.17) is 0 Å². The van der Waals surface area contributed by atoms with Crippen molar-refractivity contribution in [2.75, 3.05) is 32.7 Å². The van der Waals surface area contributed by atoms with Crippen LogP contribution in [0.15, 0.2) is 0 Å². The molecular formula is C17H28F2N2O2. The third-order valence-corrected chi connectivity index (χ3v) is 5.73. The lowest BCUT2D eigenvalue weighted by molar-refractivity contribution is -0.132. The zero-order chi connectivity index (χ0) is 16.5. The van der Waals surface area contributed by atoms with Crippen LogP contribution in [0.4, 0.5) is 8.78 Å². The van der Waals surface area contributed by atoms with Crippen LogP contribution >= 0.6 is 0 Å². The van der Waals surface area contributed by atoms with E-state index < -0.39 is 11.5 Å². The van der Waals surface area contributed by atoms with Crippen molar-refractivity contribution in [3.05, 3.63) is 0 Å². The van der Waals surface area contributed by atoms with Crippen LogP contribution in [0.25, 0.3) is 0 Å². The summed E-state index contributed by atoms with van der Waals surface area (Å²) >= 11 is 0. The van der Waals surface area contributed by atoms with Gasteiger partial charge in [-0.2, -0.15) is 0 Å². The second-order valence-electron chi connectivity index (χ2n) is 7.78. The summed E-state index contributed by atoms with van der Waals surface area (Å²) < 4.78 is 26.4. The number of likely N-dealkylation sites (tertiary alicyclic amines) is 2. The molecule has 0 aromatic carbocycles. The molecule has 0 radical (unpaired) electrons. The van der Waals surface area contributed by atoms with Crippen LogP contribution in [0.2, 0.25) is 0 Å². The number of rotatable bonds is 4. The number of nitrogens with zero attached hydrogens (tertiary/aromatic N) is 2. The molecule has 3 rings (SSSR count). The molecule has 2 saturated heterocycles. The van der Waals surface area contributed by atoms with Crippen molar-refractivity contribution in [2.45, 2.75) is 62.9 Å². The fourth-order valence-electron chi connectivity index (χ4n) is 4.24. The van der Waals surface area contributed by atoms with Crippen LogP contribution in [0.3, 0.4) is 0 Å². The molecule has 3 fully saturated rings. The number of halogens is 2. The number of carbonyl (C=O) groups excluding carboxylic acids is 1. The molecule has 2 heterocycles. The van der Waals surface area contributed by atoms with E-state index in [9.17, 15) is 18.7 Å². The summed E-state index contributed by atoms with van der Waals surface area (Å²) in [7, 11) is 0. The maximum Gasteiger partial charge on any atom is 0.250 e. The zero-order valence-corrected chi connectivity index (χ0v) is 13.8. The van der Waals surface area contributed by atoms with E-state index in [1.54, 1.807) is 4.90 Å². The summed E-state index contributed by atoms with van der Waals surface area (Å²) in [5.74, 6) is -1.89. The van der Waals surface area contributed by atoms with Gasteiger partial charge in [-0.1, -0.05) is 12.8 Å². The Balaban J connectivity index is 1.46. The molecule has 4 nitrogen and oxygen atoms in total. The van der Waals surface area contributed by atoms with E-state index in [1.807, 2.05) is 4.90 Å². The Labute approximate surface area is 136 Å². The lowest BCUT2D eigenvalue weighted by Crippen LogP contribution is -2.49. The van der Waals surface area contributed by atoms with Crippen molar-refractivity contribution < 1.29 is 18.7 Å². The van der Waals surface area contributed by atoms with Crippen molar-refractivity contribution in [3.63, 3.8) is 0 Å². The Hall–Kier alpha value is -0.750. The van der Waals surface area contributed by atoms with Crippen molar-refractivity contribution in [2.24, 2.45) is 5.92 Å². The zero-order valence-electron chi connectivity index (χ0n) is 13.8. The third kappa shape index (κ3) is 4.41. The normalized spacial score (nSPS) is 32.6. The smallest absolute Gasteiger partial charge is 0.250 e. The molecular weight excluding hydrogens is 302 g/mol. The average Bonchev–Trinajstić information content (AvgIpc) is 3.11. The predicted octanol–water partition coefficient (Wildman–Crippen LogP) is 2.26. The molecule has 0 unspecified atom stereocenters. The summed E-state index contributed by atoms with van der Waals surface area (Å²) in [5.41, 5.74) is -0.933. The molecule has 0 aromatic heterocycles. The van der Waals surface area contributed by atoms with Gasteiger partial charge in [-0.05, 0) is 25.2 Å². The molecule has 0 bridgehead atoms. The van der Waals surface area contributed by atoms with Gasteiger partial charge in [0.15, 0.2) is 0 Å². The highest BCUT2D eigenvalue weighted by molar-refractivity contribution is 5.77. The summed E-state index contributed by atoms with van der Waals surface area (Å²) in [6, 6.07) is 0. The third-order valence-electron chi connectivity index (χ3n) is 5.73. The van der Waals surface area contributed by atoms with Gasteiger partial charge in [0.05, 0.1) is 12.1 Å². The van der Waals surface area contributed by atoms with Crippen LogP contribution in [0.1, 0.15) is 51.4 Å². The van der Waals surface area contributed by atoms with Gasteiger partial charge in [-0.25, -0.2) is 8.78 Å². The molecule has 2 aliphatic heterocycles. The first-order valence-corrected chi connectivity index (χ1v) is 8.96. The molecule has 1 aliphatic carbocycles. The highest BCUT2D eigenvalue weighted by atomic mass is 19.3. The van der Waals surface area contributed by atoms with Gasteiger partial charge in [0.25, 0.3) is 5.92 Å². The molecule has 1 N–H and O–H groups in total. The number of piperidine rings is 1. The van der Waals surface area contributed by atoms with Crippen LogP contribution in [0, 0.1) is 5.92 Å². The van der Waals surface area contributed by atoms with Crippen molar-refractivity contribution >= 4 is 5.91 Å². The van der Waals surface area contributed by atoms with Crippen LogP contribution in [-0.4, -0.2) is 65.1 Å². The van der Waals surface area contributed by atoms with Crippen LogP contribution < -0.4 is 0 Å². The van der Waals surface area contributed by atoms with E-state index in [0.717, 1.165) is 12.8 Å². The molecule has 1 amide bonds. The Bertz CT molecular complexity index is 430. The second kappa shape index (κ2) is 6.63. The Morgan fingerprint density at radius 1 is 1.09 bits per heavy atom. The first kappa shape index (κ1) is 17.1. The SMILES string of the molecule is O=C(CC1CCCC1)N1CC[C@](O)(CN2CCC(F)(F)CC2)C1. The molecule has 6 heteroatoms. The molecule has 0 spiro atoms. The fraction of sp³-hybridized carbons (Fsp3) is 0.941. The minimum atomic E-state index is -2.56. The van der Waals surface area contributed by atoms with Gasteiger partial charge in [0.2, 0.25) is 5.91 Å². The standard InChI is InChI=1S/C17H28F2N2O2/c18-17(19)6-8-20(9-7-17)12-16(23)5-10-21(13-16)15(22)11-14-3-1-2-4-14/h14,23H,1-13H2/t16-/m0/s1. The maximum atomic E-state index is 13.2. The molecule has 23 heavy (non-hydrogen) atoms. The molecule has 1 saturated carbocycles. The first-order chi connectivity index (χ1) is 10.9. The van der Waals surface area contributed by atoms with E-state index in [0.29, 0.717) is 51.5 Å². The van der Waals surface area contributed by atoms with Gasteiger partial charge in [-0.3, -0.25) is 9.69 Å². The van der Waals surface area contributed by atoms with Gasteiger partial charge in [0, 0.05) is 45.4 Å². The first-order valence-electron chi connectivity index (χ1n) is 8.96. The summed E-state index contributed by atoms with van der Waals surface area (Å²) in [4.78, 5) is 16.1. The highest BCUT2D eigenvalue weighted by Crippen LogP contribution is 2.32. The molecule has 1 atom stereocenters. The largest absolute Gasteiger partial charge is 0.387 e. The maximum absolute atomic E-state index is 13.2. The van der Waals surface area contributed by atoms with E-state index in [2.05, 4.69) is 0 Å². The van der Waals surface area contributed by atoms with Crippen LogP contribution in [0.5, 0.6) is 0 Å². The Kier molecular flexibility index (Phi) is 4.93. The predicted molar refractivity (Wildman–Crippen MR) is 83.3 cm³/mol. The lowest BCUT2D eigenvalue weighted by Gasteiger charge is -2.36. The number of amides is 1. The van der Waals surface area contributed by atoms with E-state index >= 15 is 0 Å². The second-order valence-corrected chi connectivity index (χ2v) is 7.78. The average molecular weight is 330 g/mol. The van der Waals surface area contributed by atoms with Gasteiger partial charge in [-0.15, -0.1) is 0 Å². The molecule has 0 aromatic rings. The van der Waals surface area contributed by atoms with Crippen molar-refractivity contribution in [1.82, 2.24) is 9.80 Å². The number of alkyl halides is 2. The number of aliphatic hydroxyl groups is 1. The Morgan fingerprint density at radius 2 is 1.74 bits per heavy atom. The lowest BCUT2D eigenvalue weighted by atomic mass is 9.99. The topological polar surface area (TPSA) is 43.8 Å². The Morgan fingerprint density at radius 3 is 2.39 bits per heavy atom. The van der Waals surface area contributed by atoms with Gasteiger partial charge < -0.3 is 10.0 Å². The molecule has 3 aliphatic rings. The minimum absolute atomic E-state index is 0.132. The number of carbonyl (C=O) groups is 1. The van der Waals surface area contributed by atoms with E-state index in [-0.39, 0.29) is 18.7 Å². The summed E-state index contributed by atoms with van der Waals surface area (Å²) in [6.07, 6.45) is 5.63. The van der Waals surface area contributed by atoms with Gasteiger partial charge >= 0.3 is 0 Å².